The lowest BCUT2D eigenvalue weighted by atomic mass is 9.90. The van der Waals surface area contributed by atoms with Gasteiger partial charge in [-0.05, 0) is 31.6 Å². The number of carbonyl (C=O) groups excluding carboxylic acids is 2. The van der Waals surface area contributed by atoms with Crippen LogP contribution in [-0.2, 0) is 16.1 Å². The van der Waals surface area contributed by atoms with Gasteiger partial charge in [-0.3, -0.25) is 19.1 Å². The maximum Gasteiger partial charge on any atom is 0.350 e. The minimum absolute atomic E-state index is 0.0179. The zero-order chi connectivity index (χ0) is 26.6. The summed E-state index contributed by atoms with van der Waals surface area (Å²) in [4.78, 5) is 59.6. The lowest BCUT2D eigenvalue weighted by molar-refractivity contribution is -0.121. The summed E-state index contributed by atoms with van der Waals surface area (Å²) < 4.78 is 6.62. The van der Waals surface area contributed by atoms with Crippen LogP contribution in [0.25, 0.3) is 0 Å². The Labute approximate surface area is 214 Å². The molecule has 0 aliphatic heterocycles. The Morgan fingerprint density at radius 1 is 1.17 bits per heavy atom. The first-order valence-electron chi connectivity index (χ1n) is 12.6. The third-order valence-corrected chi connectivity index (χ3v) is 7.46. The van der Waals surface area contributed by atoms with Crippen molar-refractivity contribution in [3.05, 3.63) is 36.4 Å². The van der Waals surface area contributed by atoms with E-state index >= 15 is 0 Å². The average Bonchev–Trinajstić information content (AvgIpc) is 3.21. The van der Waals surface area contributed by atoms with Crippen molar-refractivity contribution in [3.63, 3.8) is 0 Å². The molecule has 2 heterocycles. The molecule has 1 amide bonds. The van der Waals surface area contributed by atoms with Gasteiger partial charge in [-0.2, -0.15) is 0 Å². The van der Waals surface area contributed by atoms with Crippen LogP contribution in [0.5, 0.6) is 0 Å². The van der Waals surface area contributed by atoms with Gasteiger partial charge in [-0.1, -0.05) is 47.0 Å². The quantitative estimate of drug-likeness (QED) is 0.484. The van der Waals surface area contributed by atoms with Gasteiger partial charge in [0.1, 0.15) is 10.7 Å². The van der Waals surface area contributed by atoms with Gasteiger partial charge in [-0.25, -0.2) is 14.6 Å². The molecule has 0 atom stereocenters. The average molecular weight is 520 g/mol. The summed E-state index contributed by atoms with van der Waals surface area (Å²) in [6.45, 7) is 9.23. The maximum absolute atomic E-state index is 13.2. The van der Waals surface area contributed by atoms with E-state index in [1.165, 1.54) is 27.2 Å². The minimum atomic E-state index is -0.756. The fourth-order valence-electron chi connectivity index (χ4n) is 4.47. The summed E-state index contributed by atoms with van der Waals surface area (Å²) in [5, 5.41) is 0.943. The van der Waals surface area contributed by atoms with Gasteiger partial charge in [0.05, 0.1) is 10.7 Å². The molecule has 0 spiro atoms. The number of aryl methyl sites for hydroxylation is 1. The van der Waals surface area contributed by atoms with Crippen LogP contribution in [0.15, 0.2) is 9.59 Å². The number of aromatic amines is 1. The van der Waals surface area contributed by atoms with Crippen molar-refractivity contribution in [1.29, 1.82) is 0 Å². The van der Waals surface area contributed by atoms with Crippen molar-refractivity contribution in [1.82, 2.24) is 14.5 Å². The molecule has 1 fully saturated rings. The molecule has 0 aromatic carbocycles. The van der Waals surface area contributed by atoms with Crippen molar-refractivity contribution in [2.24, 2.45) is 11.8 Å². The Bertz CT molecular complexity index is 1210. The standard InChI is InChI=1S/C25H37N5O5S/c1-14(2)11-29(19-21(26)30(12-15(3)4)25(34)28-22(19)32)18(31)13-35-24(33)20-16(5)27-23(36-20)17-9-7-6-8-10-17/h14-15,17H,6-13,26H2,1-5H3,(H,28,32,34). The second kappa shape index (κ2) is 11.9. The van der Waals surface area contributed by atoms with Gasteiger partial charge in [0.25, 0.3) is 11.5 Å². The number of nitrogen functional groups attached to an aromatic ring is 1. The molecule has 1 saturated carbocycles. The molecule has 1 aliphatic carbocycles. The van der Waals surface area contributed by atoms with Crippen molar-refractivity contribution in [2.45, 2.75) is 79.2 Å². The second-order valence-electron chi connectivity index (χ2n) is 10.3. The summed E-state index contributed by atoms with van der Waals surface area (Å²) in [7, 11) is 0. The Morgan fingerprint density at radius 3 is 2.44 bits per heavy atom. The predicted molar refractivity (Wildman–Crippen MR) is 141 cm³/mol. The molecule has 0 radical (unpaired) electrons. The third-order valence-electron chi connectivity index (χ3n) is 6.16. The zero-order valence-electron chi connectivity index (χ0n) is 21.8. The zero-order valence-corrected chi connectivity index (χ0v) is 22.6. The SMILES string of the molecule is Cc1nc(C2CCCCC2)sc1C(=O)OCC(=O)N(CC(C)C)c1c(N)n(CC(C)C)c(=O)[nH]c1=O. The number of esters is 1. The number of anilines is 2. The van der Waals surface area contributed by atoms with Crippen molar-refractivity contribution >= 4 is 34.7 Å². The molecule has 10 nitrogen and oxygen atoms in total. The fraction of sp³-hybridized carbons (Fsp3) is 0.640. The number of hydrogen-bond donors (Lipinski definition) is 2. The van der Waals surface area contributed by atoms with Crippen LogP contribution in [0.4, 0.5) is 11.5 Å². The third kappa shape index (κ3) is 6.43. The van der Waals surface area contributed by atoms with Crippen LogP contribution in [0.1, 0.15) is 86.1 Å². The monoisotopic (exact) mass is 519 g/mol. The molecule has 2 aromatic heterocycles. The lowest BCUT2D eigenvalue weighted by Gasteiger charge is -2.26. The molecule has 0 saturated heterocycles. The number of nitrogens with two attached hydrogens (primary N) is 1. The van der Waals surface area contributed by atoms with E-state index in [1.807, 2.05) is 27.7 Å². The van der Waals surface area contributed by atoms with Gasteiger partial charge in [0.15, 0.2) is 12.3 Å². The van der Waals surface area contributed by atoms with Crippen LogP contribution in [0.3, 0.4) is 0 Å². The Balaban J connectivity index is 1.81. The van der Waals surface area contributed by atoms with E-state index in [0.29, 0.717) is 16.5 Å². The number of thiazole rings is 1. The van der Waals surface area contributed by atoms with Crippen LogP contribution < -0.4 is 21.9 Å². The number of nitrogens with one attached hydrogen (secondary N) is 1. The van der Waals surface area contributed by atoms with Crippen molar-refractivity contribution in [3.8, 4) is 0 Å². The number of aromatic nitrogens is 3. The number of H-pyrrole nitrogens is 1. The number of amides is 1. The molecule has 3 rings (SSSR count). The highest BCUT2D eigenvalue weighted by Crippen LogP contribution is 2.36. The number of nitrogens with zero attached hydrogens (tertiary/aromatic N) is 3. The van der Waals surface area contributed by atoms with Crippen molar-refractivity contribution in [2.75, 3.05) is 23.8 Å². The highest BCUT2D eigenvalue weighted by Gasteiger charge is 2.28. The van der Waals surface area contributed by atoms with E-state index in [1.54, 1.807) is 6.92 Å². The highest BCUT2D eigenvalue weighted by molar-refractivity contribution is 7.13. The molecule has 1 aliphatic rings. The van der Waals surface area contributed by atoms with Crippen molar-refractivity contribution < 1.29 is 14.3 Å². The fourth-order valence-corrected chi connectivity index (χ4v) is 5.60. The first-order valence-corrected chi connectivity index (χ1v) is 13.4. The molecule has 0 bridgehead atoms. The lowest BCUT2D eigenvalue weighted by Crippen LogP contribution is -2.44. The summed E-state index contributed by atoms with van der Waals surface area (Å²) in [6, 6.07) is 0. The van der Waals surface area contributed by atoms with E-state index in [-0.39, 0.29) is 36.4 Å². The van der Waals surface area contributed by atoms with E-state index in [0.717, 1.165) is 30.7 Å². The van der Waals surface area contributed by atoms with Crippen LogP contribution in [-0.4, -0.2) is 39.6 Å². The summed E-state index contributed by atoms with van der Waals surface area (Å²) >= 11 is 1.33. The molecule has 0 unspecified atom stereocenters. The summed E-state index contributed by atoms with van der Waals surface area (Å²) in [6.07, 6.45) is 5.69. The highest BCUT2D eigenvalue weighted by atomic mass is 32.1. The summed E-state index contributed by atoms with van der Waals surface area (Å²) in [5.41, 5.74) is 5.32. The van der Waals surface area contributed by atoms with E-state index < -0.39 is 29.7 Å². The van der Waals surface area contributed by atoms with E-state index in [9.17, 15) is 19.2 Å². The van der Waals surface area contributed by atoms with Gasteiger partial charge < -0.3 is 15.4 Å². The van der Waals surface area contributed by atoms with Gasteiger partial charge >= 0.3 is 11.7 Å². The molecular formula is C25H37N5O5S. The minimum Gasteiger partial charge on any atom is -0.451 e. The first kappa shape index (κ1) is 27.6. The number of ether oxygens (including phenoxy) is 1. The molecule has 36 heavy (non-hydrogen) atoms. The maximum atomic E-state index is 13.2. The largest absolute Gasteiger partial charge is 0.451 e. The normalized spacial score (nSPS) is 14.4. The topological polar surface area (TPSA) is 140 Å². The second-order valence-corrected chi connectivity index (χ2v) is 11.3. The van der Waals surface area contributed by atoms with Crippen LogP contribution in [0, 0.1) is 18.8 Å². The Morgan fingerprint density at radius 2 is 1.83 bits per heavy atom. The number of carbonyl (C=O) groups is 2. The predicted octanol–water partition coefficient (Wildman–Crippen LogP) is 3.43. The van der Waals surface area contributed by atoms with Crippen LogP contribution in [0.2, 0.25) is 0 Å². The number of hydrogen-bond acceptors (Lipinski definition) is 8. The van der Waals surface area contributed by atoms with Gasteiger partial charge in [0.2, 0.25) is 0 Å². The first-order chi connectivity index (χ1) is 17.0. The van der Waals surface area contributed by atoms with Gasteiger partial charge in [-0.15, -0.1) is 11.3 Å². The molecule has 3 N–H and O–H groups in total. The smallest absolute Gasteiger partial charge is 0.350 e. The molecular weight excluding hydrogens is 482 g/mol. The van der Waals surface area contributed by atoms with Crippen LogP contribution >= 0.6 is 11.3 Å². The summed E-state index contributed by atoms with van der Waals surface area (Å²) in [5.74, 6) is -0.873. The number of rotatable bonds is 9. The molecule has 2 aromatic rings. The molecule has 11 heteroatoms. The van der Waals surface area contributed by atoms with E-state index in [4.69, 9.17) is 10.5 Å². The Hall–Kier alpha value is -2.95. The van der Waals surface area contributed by atoms with Gasteiger partial charge in [0, 0.05) is 19.0 Å². The van der Waals surface area contributed by atoms with E-state index in [2.05, 4.69) is 9.97 Å². The molecule has 198 valence electrons. The Kier molecular flexibility index (Phi) is 9.10.